The lowest BCUT2D eigenvalue weighted by Crippen LogP contribution is -2.50. The smallest absolute Gasteiger partial charge is 0.116 e. The first-order valence-electron chi connectivity index (χ1n) is 24.3. The van der Waals surface area contributed by atoms with Gasteiger partial charge in [-0.3, -0.25) is 0 Å². The minimum atomic E-state index is -2.17. The minimum Gasteiger partial charge on any atom is -0.309 e. The molecular formula is C66H46N2SSi. The topological polar surface area (TPSA) is 6.48 Å². The molecule has 0 saturated carbocycles. The number of rotatable bonds is 8. The molecule has 2 heterocycles. The van der Waals surface area contributed by atoms with Crippen molar-refractivity contribution in [2.24, 2.45) is 0 Å². The monoisotopic (exact) mass is 926 g/mol. The van der Waals surface area contributed by atoms with E-state index in [0.29, 0.717) is 0 Å². The third kappa shape index (κ3) is 6.17. The summed E-state index contributed by atoms with van der Waals surface area (Å²) in [5, 5.41) is 13.1. The zero-order chi connectivity index (χ0) is 46.5. The van der Waals surface area contributed by atoms with Crippen LogP contribution in [0.5, 0.6) is 0 Å². The van der Waals surface area contributed by atoms with Crippen LogP contribution in [-0.2, 0) is 0 Å². The molecule has 1 aliphatic rings. The second kappa shape index (κ2) is 15.9. The van der Waals surface area contributed by atoms with Crippen molar-refractivity contribution in [1.29, 1.82) is 0 Å². The normalized spacial score (nSPS) is 12.8. The molecule has 0 bridgehead atoms. The summed E-state index contributed by atoms with van der Waals surface area (Å²) in [4.78, 5) is 5.12. The van der Waals surface area contributed by atoms with Crippen molar-refractivity contribution in [3.8, 4) is 33.4 Å². The summed E-state index contributed by atoms with van der Waals surface area (Å²) in [6, 6.07) is 90.4. The lowest BCUT2D eigenvalue weighted by atomic mass is 9.91. The average Bonchev–Trinajstić information content (AvgIpc) is 3.92. The number of hydrogen-bond acceptors (Lipinski definition) is 3. The number of para-hydroxylation sites is 1. The van der Waals surface area contributed by atoms with Gasteiger partial charge in [0.1, 0.15) is 8.07 Å². The summed E-state index contributed by atoms with van der Waals surface area (Å²) in [5.74, 6) is 0. The second-order valence-electron chi connectivity index (χ2n) is 19.2. The molecule has 0 N–H and O–H groups in total. The largest absolute Gasteiger partial charge is 0.309 e. The van der Waals surface area contributed by atoms with Crippen LogP contribution in [0.2, 0.25) is 13.1 Å². The molecule has 1 aliphatic heterocycles. The van der Waals surface area contributed by atoms with E-state index in [2.05, 4.69) is 266 Å². The van der Waals surface area contributed by atoms with E-state index in [0.717, 1.165) is 17.1 Å². The van der Waals surface area contributed by atoms with Crippen LogP contribution in [0.3, 0.4) is 0 Å². The van der Waals surface area contributed by atoms with Gasteiger partial charge in [0, 0.05) is 43.2 Å². The van der Waals surface area contributed by atoms with E-state index < -0.39 is 8.07 Å². The van der Waals surface area contributed by atoms with Crippen LogP contribution >= 0.6 is 11.3 Å². The second-order valence-corrected chi connectivity index (χ2v) is 24.5. The highest BCUT2D eigenvalue weighted by atomic mass is 32.1. The van der Waals surface area contributed by atoms with Gasteiger partial charge < -0.3 is 9.80 Å². The Morgan fingerprint density at radius 2 is 0.900 bits per heavy atom. The van der Waals surface area contributed by atoms with Crippen LogP contribution in [0, 0.1) is 0 Å². The van der Waals surface area contributed by atoms with Crippen molar-refractivity contribution >= 4 is 116 Å². The molecule has 1 aromatic heterocycles. The van der Waals surface area contributed by atoms with Gasteiger partial charge in [-0.15, -0.1) is 11.3 Å². The first-order valence-corrected chi connectivity index (χ1v) is 28.1. The Morgan fingerprint density at radius 3 is 1.64 bits per heavy atom. The third-order valence-electron chi connectivity index (χ3n) is 15.0. The molecule has 0 fully saturated rings. The van der Waals surface area contributed by atoms with Gasteiger partial charge >= 0.3 is 0 Å². The molecule has 0 unspecified atom stereocenters. The van der Waals surface area contributed by atoms with E-state index in [-0.39, 0.29) is 0 Å². The summed E-state index contributed by atoms with van der Waals surface area (Å²) < 4.78 is 2.61. The van der Waals surface area contributed by atoms with E-state index in [1.54, 1.807) is 0 Å². The maximum absolute atomic E-state index is 2.64. The van der Waals surface area contributed by atoms with E-state index in [4.69, 9.17) is 0 Å². The van der Waals surface area contributed by atoms with Crippen LogP contribution in [0.1, 0.15) is 0 Å². The standard InChI is InChI=1S/C66H46N2SSi/c1-70(2)62-31-15-13-25-50(62)52-27-17-29-60(66(52)70)68(59-28-16-26-51-49-24-12-14-30-61(49)69-65(51)59)57-40-35-46-32-37-53-56(39-34-45-33-38-54(57)64(46)63(45)53)67(48-22-10-5-11-23-48)58-41-36-47(43-18-6-3-7-19-43)42-55(58)44-20-8-4-9-21-44/h3-42H,1-2H3. The zero-order valence-electron chi connectivity index (χ0n) is 38.9. The Balaban J connectivity index is 1.04. The fourth-order valence-corrected chi connectivity index (χ4v) is 16.4. The minimum absolute atomic E-state index is 1.11. The lowest BCUT2D eigenvalue weighted by molar-refractivity contribution is 1.30. The third-order valence-corrected chi connectivity index (χ3v) is 19.7. The highest BCUT2D eigenvalue weighted by Crippen LogP contribution is 2.52. The van der Waals surface area contributed by atoms with Crippen LogP contribution < -0.4 is 20.2 Å². The quantitative estimate of drug-likeness (QED) is 0.111. The van der Waals surface area contributed by atoms with Crippen LogP contribution in [0.15, 0.2) is 243 Å². The van der Waals surface area contributed by atoms with Gasteiger partial charge in [0.15, 0.2) is 0 Å². The fraction of sp³-hybridized carbons (Fsp3) is 0.0303. The number of fused-ring (bicyclic) bond motifs is 6. The molecular weight excluding hydrogens is 881 g/mol. The van der Waals surface area contributed by atoms with E-state index in [9.17, 15) is 0 Å². The molecule has 0 atom stereocenters. The van der Waals surface area contributed by atoms with Gasteiger partial charge in [0.2, 0.25) is 0 Å². The Labute approximate surface area is 412 Å². The van der Waals surface area contributed by atoms with Crippen molar-refractivity contribution in [2.75, 3.05) is 9.80 Å². The van der Waals surface area contributed by atoms with Gasteiger partial charge in [-0.1, -0.05) is 201 Å². The van der Waals surface area contributed by atoms with Gasteiger partial charge in [0.25, 0.3) is 0 Å². The average molecular weight is 927 g/mol. The Kier molecular flexibility index (Phi) is 9.25. The molecule has 4 heteroatoms. The summed E-state index contributed by atoms with van der Waals surface area (Å²) in [6.07, 6.45) is 0. The predicted molar refractivity (Wildman–Crippen MR) is 305 cm³/mol. The molecule has 330 valence electrons. The van der Waals surface area contributed by atoms with Crippen molar-refractivity contribution < 1.29 is 0 Å². The molecule has 0 saturated heterocycles. The molecule has 2 nitrogen and oxygen atoms in total. The maximum Gasteiger partial charge on any atom is 0.116 e. The fourth-order valence-electron chi connectivity index (χ4n) is 11.8. The summed E-state index contributed by atoms with van der Waals surface area (Å²) >= 11 is 1.90. The Hall–Kier alpha value is -8.28. The summed E-state index contributed by atoms with van der Waals surface area (Å²) in [7, 11) is -2.17. The molecule has 70 heavy (non-hydrogen) atoms. The van der Waals surface area contributed by atoms with Crippen LogP contribution in [0.4, 0.5) is 34.1 Å². The molecule has 13 aromatic rings. The zero-order valence-corrected chi connectivity index (χ0v) is 40.7. The van der Waals surface area contributed by atoms with Crippen LogP contribution in [0.25, 0.3) is 85.9 Å². The van der Waals surface area contributed by atoms with Crippen molar-refractivity contribution in [2.45, 2.75) is 13.1 Å². The van der Waals surface area contributed by atoms with E-state index >= 15 is 0 Å². The molecule has 0 aliphatic carbocycles. The highest BCUT2D eigenvalue weighted by Gasteiger charge is 2.41. The van der Waals surface area contributed by atoms with Crippen molar-refractivity contribution in [3.05, 3.63) is 243 Å². The first kappa shape index (κ1) is 40.8. The summed E-state index contributed by atoms with van der Waals surface area (Å²) in [6.45, 7) is 5.09. The molecule has 12 aromatic carbocycles. The number of nitrogens with zero attached hydrogens (tertiary/aromatic N) is 2. The van der Waals surface area contributed by atoms with E-state index in [1.165, 1.54) is 113 Å². The lowest BCUT2D eigenvalue weighted by Gasteiger charge is -2.33. The number of thiophene rings is 1. The van der Waals surface area contributed by atoms with Crippen molar-refractivity contribution in [3.63, 3.8) is 0 Å². The van der Waals surface area contributed by atoms with Crippen LogP contribution in [-0.4, -0.2) is 8.07 Å². The number of hydrogen-bond donors (Lipinski definition) is 0. The van der Waals surface area contributed by atoms with Crippen molar-refractivity contribution in [1.82, 2.24) is 0 Å². The Morgan fingerprint density at radius 1 is 0.343 bits per heavy atom. The summed E-state index contributed by atoms with van der Waals surface area (Å²) in [5.41, 5.74) is 14.5. The SMILES string of the molecule is C[Si]1(C)c2ccccc2-c2cccc(N(c3ccc4ccc5c(N(c6ccccc6)c6ccc(-c7ccccc7)cc6-c6ccccc6)ccc6ccc3c4c65)c3cccc4c3sc3ccccc34)c21. The first-order chi connectivity index (χ1) is 34.5. The molecule has 14 rings (SSSR count). The molecule has 0 spiro atoms. The van der Waals surface area contributed by atoms with Gasteiger partial charge in [-0.2, -0.15) is 0 Å². The van der Waals surface area contributed by atoms with Gasteiger partial charge in [0.05, 0.1) is 27.4 Å². The number of benzene rings is 12. The van der Waals surface area contributed by atoms with E-state index in [1.807, 2.05) is 11.3 Å². The molecule has 0 radical (unpaired) electrons. The maximum atomic E-state index is 2.64. The number of anilines is 6. The van der Waals surface area contributed by atoms with Gasteiger partial charge in [-0.05, 0) is 114 Å². The Bertz CT molecular complexity index is 4160. The van der Waals surface area contributed by atoms with Gasteiger partial charge in [-0.25, -0.2) is 0 Å². The highest BCUT2D eigenvalue weighted by molar-refractivity contribution is 7.26. The predicted octanol–water partition coefficient (Wildman–Crippen LogP) is 18.0. The molecule has 0 amide bonds.